The molecule has 0 atom stereocenters. The van der Waals surface area contributed by atoms with Crippen LogP contribution in [0.1, 0.15) is 22.5 Å². The van der Waals surface area contributed by atoms with Gasteiger partial charge in [0.2, 0.25) is 11.1 Å². The molecule has 0 N–H and O–H groups in total. The number of fused-ring (bicyclic) bond motifs is 2. The second-order valence-electron chi connectivity index (χ2n) is 6.54. The van der Waals surface area contributed by atoms with E-state index in [-0.39, 0.29) is 11.7 Å². The van der Waals surface area contributed by atoms with E-state index >= 15 is 0 Å². The third-order valence-electron chi connectivity index (χ3n) is 4.78. The number of thioether (sulfide) groups is 1. The summed E-state index contributed by atoms with van der Waals surface area (Å²) in [5.74, 6) is 0.274. The summed E-state index contributed by atoms with van der Waals surface area (Å²) in [5.41, 5.74) is 5.96. The third kappa shape index (κ3) is 3.57. The van der Waals surface area contributed by atoms with Crippen LogP contribution in [0.25, 0.3) is 0 Å². The van der Waals surface area contributed by atoms with Gasteiger partial charge < -0.3 is 0 Å². The lowest BCUT2D eigenvalue weighted by atomic mass is 10.0. The summed E-state index contributed by atoms with van der Waals surface area (Å²) >= 11 is 1.33. The predicted octanol–water partition coefficient (Wildman–Crippen LogP) is 4.04. The van der Waals surface area contributed by atoms with Crippen LogP contribution >= 0.6 is 11.8 Å². The average Bonchev–Trinajstić information content (AvgIpc) is 2.85. The smallest absolute Gasteiger partial charge is 0.242 e. The molecule has 27 heavy (non-hydrogen) atoms. The van der Waals surface area contributed by atoms with Crippen LogP contribution in [-0.2, 0) is 17.6 Å². The van der Waals surface area contributed by atoms with Gasteiger partial charge in [0.05, 0.1) is 28.5 Å². The second-order valence-corrected chi connectivity index (χ2v) is 7.48. The first-order chi connectivity index (χ1) is 13.1. The Morgan fingerprint density at radius 2 is 1.52 bits per heavy atom. The van der Waals surface area contributed by atoms with Gasteiger partial charge in [-0.25, -0.2) is 4.98 Å². The molecule has 0 fully saturated rings. The molecule has 0 bridgehead atoms. The highest BCUT2D eigenvalue weighted by molar-refractivity contribution is 7.99. The summed E-state index contributed by atoms with van der Waals surface area (Å²) in [6.07, 6.45) is 1.85. The lowest BCUT2D eigenvalue weighted by Gasteiger charge is -2.24. The van der Waals surface area contributed by atoms with Gasteiger partial charge in [-0.15, -0.1) is 5.10 Å². The van der Waals surface area contributed by atoms with Crippen LogP contribution in [0.3, 0.4) is 0 Å². The average molecular weight is 376 g/mol. The van der Waals surface area contributed by atoms with Gasteiger partial charge in [-0.05, 0) is 49.9 Å². The molecule has 1 aliphatic rings. The van der Waals surface area contributed by atoms with Crippen LogP contribution in [-0.4, -0.2) is 26.8 Å². The quantitative estimate of drug-likeness (QED) is 0.646. The Morgan fingerprint density at radius 3 is 2.11 bits per heavy atom. The van der Waals surface area contributed by atoms with Crippen molar-refractivity contribution >= 4 is 29.0 Å². The van der Waals surface area contributed by atoms with Crippen molar-refractivity contribution in [3.63, 3.8) is 0 Å². The Balaban J connectivity index is 1.65. The summed E-state index contributed by atoms with van der Waals surface area (Å²) in [6, 6.07) is 16.3. The molecule has 0 radical (unpaired) electrons. The normalized spacial score (nSPS) is 12.9. The number of hydrogen-bond donors (Lipinski definition) is 0. The van der Waals surface area contributed by atoms with Crippen LogP contribution in [0.2, 0.25) is 0 Å². The topological polar surface area (TPSA) is 59.0 Å². The van der Waals surface area contributed by atoms with Gasteiger partial charge in [-0.3, -0.25) is 9.69 Å². The van der Waals surface area contributed by atoms with Gasteiger partial charge in [-0.1, -0.05) is 48.2 Å². The van der Waals surface area contributed by atoms with E-state index in [1.54, 1.807) is 0 Å². The van der Waals surface area contributed by atoms with Gasteiger partial charge in [0.1, 0.15) is 0 Å². The number of rotatable bonds is 3. The molecule has 0 saturated heterocycles. The van der Waals surface area contributed by atoms with E-state index in [0.717, 1.165) is 35.6 Å². The summed E-state index contributed by atoms with van der Waals surface area (Å²) in [4.78, 5) is 19.5. The van der Waals surface area contributed by atoms with Gasteiger partial charge in [-0.2, -0.15) is 5.10 Å². The molecule has 0 aliphatic carbocycles. The minimum absolute atomic E-state index is 0.0172. The monoisotopic (exact) mass is 376 g/mol. The summed E-state index contributed by atoms with van der Waals surface area (Å²) in [6.45, 7) is 3.78. The number of carbonyl (C=O) groups excluding carboxylic acids is 1. The highest BCUT2D eigenvalue weighted by Crippen LogP contribution is 2.36. The van der Waals surface area contributed by atoms with E-state index in [1.807, 2.05) is 55.1 Å². The van der Waals surface area contributed by atoms with Gasteiger partial charge in [0.25, 0.3) is 0 Å². The standard InChI is InChI=1S/C21H20N4OS/c1-14-15(2)23-24-21(22-14)27-13-20(26)25-18-9-5-3-7-16(18)11-12-17-8-4-6-10-19(17)25/h3-10H,11-13H2,1-2H3. The molecule has 5 nitrogen and oxygen atoms in total. The molecule has 136 valence electrons. The number of carbonyl (C=O) groups is 1. The number of benzene rings is 2. The molecule has 6 heteroatoms. The Hall–Kier alpha value is -2.73. The van der Waals surface area contributed by atoms with Crippen molar-refractivity contribution in [1.29, 1.82) is 0 Å². The summed E-state index contributed by atoms with van der Waals surface area (Å²) in [5, 5.41) is 8.72. The fraction of sp³-hybridized carbons (Fsp3) is 0.238. The van der Waals surface area contributed by atoms with E-state index in [9.17, 15) is 4.79 Å². The van der Waals surface area contributed by atoms with E-state index in [4.69, 9.17) is 0 Å². The highest BCUT2D eigenvalue weighted by atomic mass is 32.2. The first-order valence-corrected chi connectivity index (χ1v) is 9.91. The molecule has 1 aliphatic heterocycles. The number of nitrogens with zero attached hydrogens (tertiary/aromatic N) is 4. The molecule has 0 unspecified atom stereocenters. The number of para-hydroxylation sites is 2. The number of amides is 1. The fourth-order valence-electron chi connectivity index (χ4n) is 3.24. The van der Waals surface area contributed by atoms with E-state index < -0.39 is 0 Å². The van der Waals surface area contributed by atoms with Gasteiger partial charge >= 0.3 is 0 Å². The SMILES string of the molecule is Cc1nnc(SCC(=O)N2c3ccccc3CCc3ccccc32)nc1C. The minimum atomic E-state index is 0.0172. The van der Waals surface area contributed by atoms with Crippen LogP contribution in [0.4, 0.5) is 11.4 Å². The number of hydrogen-bond acceptors (Lipinski definition) is 5. The van der Waals surface area contributed by atoms with Crippen molar-refractivity contribution in [2.45, 2.75) is 31.8 Å². The van der Waals surface area contributed by atoms with Crippen LogP contribution in [0.5, 0.6) is 0 Å². The molecule has 3 aromatic rings. The number of aryl methyl sites for hydroxylation is 4. The Labute approximate surface area is 162 Å². The van der Waals surface area contributed by atoms with Crippen molar-refractivity contribution in [3.8, 4) is 0 Å². The van der Waals surface area contributed by atoms with Crippen molar-refractivity contribution in [2.24, 2.45) is 0 Å². The van der Waals surface area contributed by atoms with Crippen LogP contribution in [0, 0.1) is 13.8 Å². The summed E-state index contributed by atoms with van der Waals surface area (Å²) in [7, 11) is 0. The van der Waals surface area contributed by atoms with Crippen molar-refractivity contribution < 1.29 is 4.79 Å². The number of aromatic nitrogens is 3. The Bertz CT molecular complexity index is 957. The highest BCUT2D eigenvalue weighted by Gasteiger charge is 2.25. The summed E-state index contributed by atoms with van der Waals surface area (Å²) < 4.78 is 0. The first kappa shape index (κ1) is 17.7. The van der Waals surface area contributed by atoms with Crippen molar-refractivity contribution in [3.05, 3.63) is 71.0 Å². The zero-order chi connectivity index (χ0) is 18.8. The first-order valence-electron chi connectivity index (χ1n) is 8.93. The zero-order valence-electron chi connectivity index (χ0n) is 15.3. The molecule has 1 aromatic heterocycles. The molecule has 2 aromatic carbocycles. The Morgan fingerprint density at radius 1 is 0.926 bits per heavy atom. The second kappa shape index (κ2) is 7.48. The molecule has 4 rings (SSSR count). The maximum atomic E-state index is 13.2. The van der Waals surface area contributed by atoms with Crippen molar-refractivity contribution in [1.82, 2.24) is 15.2 Å². The van der Waals surface area contributed by atoms with E-state index in [0.29, 0.717) is 5.16 Å². The zero-order valence-corrected chi connectivity index (χ0v) is 16.2. The molecular formula is C21H20N4OS. The molecular weight excluding hydrogens is 356 g/mol. The largest absolute Gasteiger partial charge is 0.280 e. The van der Waals surface area contributed by atoms with Crippen LogP contribution < -0.4 is 4.90 Å². The molecule has 2 heterocycles. The molecule has 0 spiro atoms. The maximum absolute atomic E-state index is 13.2. The molecule has 1 amide bonds. The maximum Gasteiger partial charge on any atom is 0.242 e. The Kier molecular flexibility index (Phi) is 4.90. The lowest BCUT2D eigenvalue weighted by Crippen LogP contribution is -2.28. The third-order valence-corrected chi connectivity index (χ3v) is 5.60. The van der Waals surface area contributed by atoms with E-state index in [2.05, 4.69) is 27.3 Å². The minimum Gasteiger partial charge on any atom is -0.280 e. The van der Waals surface area contributed by atoms with Crippen molar-refractivity contribution in [2.75, 3.05) is 10.7 Å². The fourth-order valence-corrected chi connectivity index (χ4v) is 3.92. The van der Waals surface area contributed by atoms with E-state index in [1.165, 1.54) is 22.9 Å². The lowest BCUT2D eigenvalue weighted by molar-refractivity contribution is -0.115. The molecule has 0 saturated carbocycles. The van der Waals surface area contributed by atoms with Crippen LogP contribution in [0.15, 0.2) is 53.7 Å². The number of anilines is 2. The van der Waals surface area contributed by atoms with Gasteiger partial charge in [0, 0.05) is 0 Å². The van der Waals surface area contributed by atoms with Gasteiger partial charge in [0.15, 0.2) is 0 Å². The predicted molar refractivity (Wildman–Crippen MR) is 107 cm³/mol.